The third-order valence-corrected chi connectivity index (χ3v) is 3.03. The molecular weight excluding hydrogens is 242 g/mol. The second-order valence-corrected chi connectivity index (χ2v) is 4.21. The molecule has 5 heteroatoms. The van der Waals surface area contributed by atoms with Gasteiger partial charge in [0.25, 0.3) is 0 Å². The number of nitrogens with zero attached hydrogens (tertiary/aromatic N) is 1. The van der Waals surface area contributed by atoms with E-state index in [-0.39, 0.29) is 5.69 Å². The number of para-hydroxylation sites is 2. The normalized spacial score (nSPS) is 10.8. The minimum Gasteiger partial charge on any atom is -0.495 e. The van der Waals surface area contributed by atoms with Crippen molar-refractivity contribution < 1.29 is 4.74 Å². The highest BCUT2D eigenvalue weighted by atomic mass is 16.5. The Morgan fingerprint density at radius 1 is 1.21 bits per heavy atom. The summed E-state index contributed by atoms with van der Waals surface area (Å²) in [6, 6.07) is 12.7. The number of nitrogens with two attached hydrogens (primary N) is 1. The van der Waals surface area contributed by atoms with Crippen LogP contribution in [0.1, 0.15) is 0 Å². The lowest BCUT2D eigenvalue weighted by Gasteiger charge is -2.08. The van der Waals surface area contributed by atoms with Crippen molar-refractivity contribution in [3.05, 3.63) is 52.9 Å². The van der Waals surface area contributed by atoms with Crippen LogP contribution < -0.4 is 16.2 Å². The maximum atomic E-state index is 12.1. The van der Waals surface area contributed by atoms with E-state index in [1.165, 1.54) is 0 Å². The minimum absolute atomic E-state index is 0.217. The molecule has 0 radical (unpaired) electrons. The van der Waals surface area contributed by atoms with Gasteiger partial charge in [-0.25, -0.2) is 4.79 Å². The van der Waals surface area contributed by atoms with Crippen molar-refractivity contribution >= 4 is 16.7 Å². The first-order valence-electron chi connectivity index (χ1n) is 5.84. The van der Waals surface area contributed by atoms with Gasteiger partial charge in [0.15, 0.2) is 0 Å². The standard InChI is InChI=1S/C14H13N3O2/c1-19-13-5-3-2-4-12(13)17-11-7-6-9(15)8-10(11)16-14(17)18/h2-8H,15H2,1H3,(H,16,18). The van der Waals surface area contributed by atoms with E-state index in [4.69, 9.17) is 10.5 Å². The van der Waals surface area contributed by atoms with Gasteiger partial charge in [0.05, 0.1) is 23.8 Å². The van der Waals surface area contributed by atoms with Crippen LogP contribution in [0.2, 0.25) is 0 Å². The number of imidazole rings is 1. The number of aromatic nitrogens is 2. The van der Waals surface area contributed by atoms with E-state index in [9.17, 15) is 4.79 Å². The highest BCUT2D eigenvalue weighted by Crippen LogP contribution is 2.24. The molecular formula is C14H13N3O2. The number of hydrogen-bond donors (Lipinski definition) is 2. The second kappa shape index (κ2) is 4.20. The highest BCUT2D eigenvalue weighted by molar-refractivity contribution is 5.81. The molecule has 96 valence electrons. The Morgan fingerprint density at radius 3 is 2.79 bits per heavy atom. The van der Waals surface area contributed by atoms with Gasteiger partial charge in [0, 0.05) is 5.69 Å². The number of fused-ring (bicyclic) bond motifs is 1. The molecule has 0 aliphatic carbocycles. The van der Waals surface area contributed by atoms with Gasteiger partial charge in [-0.15, -0.1) is 0 Å². The van der Waals surface area contributed by atoms with E-state index in [1.54, 1.807) is 23.8 Å². The lowest BCUT2D eigenvalue weighted by atomic mass is 10.2. The smallest absolute Gasteiger partial charge is 0.331 e. The monoisotopic (exact) mass is 255 g/mol. The van der Waals surface area contributed by atoms with E-state index < -0.39 is 0 Å². The molecule has 1 heterocycles. The van der Waals surface area contributed by atoms with Gasteiger partial charge in [-0.3, -0.25) is 4.57 Å². The molecule has 0 aliphatic heterocycles. The van der Waals surface area contributed by atoms with E-state index in [2.05, 4.69) is 4.98 Å². The summed E-state index contributed by atoms with van der Waals surface area (Å²) < 4.78 is 6.88. The fraction of sp³-hybridized carbons (Fsp3) is 0.0714. The number of nitrogens with one attached hydrogen (secondary N) is 1. The first kappa shape index (κ1) is 11.4. The quantitative estimate of drug-likeness (QED) is 0.687. The third-order valence-electron chi connectivity index (χ3n) is 3.03. The van der Waals surface area contributed by atoms with Crippen molar-refractivity contribution in [3.63, 3.8) is 0 Å². The summed E-state index contributed by atoms with van der Waals surface area (Å²) in [6.07, 6.45) is 0. The summed E-state index contributed by atoms with van der Waals surface area (Å²) in [5, 5.41) is 0. The van der Waals surface area contributed by atoms with E-state index >= 15 is 0 Å². The first-order valence-corrected chi connectivity index (χ1v) is 5.84. The molecule has 3 rings (SSSR count). The Hall–Kier alpha value is -2.69. The van der Waals surface area contributed by atoms with Crippen molar-refractivity contribution in [2.45, 2.75) is 0 Å². The molecule has 0 saturated heterocycles. The molecule has 0 amide bonds. The molecule has 1 aromatic heterocycles. The molecule has 0 aliphatic rings. The zero-order valence-corrected chi connectivity index (χ0v) is 10.4. The summed E-state index contributed by atoms with van der Waals surface area (Å²) in [5.41, 5.74) is 8.29. The topological polar surface area (TPSA) is 73.0 Å². The van der Waals surface area contributed by atoms with Gasteiger partial charge in [0.1, 0.15) is 5.75 Å². The number of nitrogen functional groups attached to an aromatic ring is 1. The fourth-order valence-corrected chi connectivity index (χ4v) is 2.18. The Labute approximate surface area is 109 Å². The Balaban J connectivity index is 2.36. The molecule has 19 heavy (non-hydrogen) atoms. The molecule has 3 N–H and O–H groups in total. The predicted molar refractivity (Wildman–Crippen MR) is 74.9 cm³/mol. The number of hydrogen-bond acceptors (Lipinski definition) is 3. The Bertz CT molecular complexity index is 802. The van der Waals surface area contributed by atoms with Gasteiger partial charge in [-0.2, -0.15) is 0 Å². The summed E-state index contributed by atoms with van der Waals surface area (Å²) in [4.78, 5) is 14.9. The highest BCUT2D eigenvalue weighted by Gasteiger charge is 2.12. The number of aromatic amines is 1. The van der Waals surface area contributed by atoms with Crippen LogP contribution in [0.5, 0.6) is 5.75 Å². The van der Waals surface area contributed by atoms with Crippen LogP contribution in [0.3, 0.4) is 0 Å². The van der Waals surface area contributed by atoms with E-state index in [0.29, 0.717) is 22.6 Å². The zero-order chi connectivity index (χ0) is 13.4. The number of methoxy groups -OCH3 is 1. The molecule has 0 bridgehead atoms. The summed E-state index contributed by atoms with van der Waals surface area (Å²) in [5.74, 6) is 0.641. The largest absolute Gasteiger partial charge is 0.495 e. The summed E-state index contributed by atoms with van der Waals surface area (Å²) in [6.45, 7) is 0. The van der Waals surface area contributed by atoms with Gasteiger partial charge < -0.3 is 15.5 Å². The molecule has 0 saturated carbocycles. The molecule has 5 nitrogen and oxygen atoms in total. The van der Waals surface area contributed by atoms with Crippen molar-refractivity contribution in [1.82, 2.24) is 9.55 Å². The van der Waals surface area contributed by atoms with Gasteiger partial charge in [-0.05, 0) is 30.3 Å². The van der Waals surface area contributed by atoms with Crippen LogP contribution in [-0.4, -0.2) is 16.7 Å². The van der Waals surface area contributed by atoms with Crippen LogP contribution in [-0.2, 0) is 0 Å². The number of anilines is 1. The van der Waals surface area contributed by atoms with Gasteiger partial charge >= 0.3 is 5.69 Å². The Kier molecular flexibility index (Phi) is 2.52. The predicted octanol–water partition coefficient (Wildman–Crippen LogP) is 1.91. The number of benzene rings is 2. The first-order chi connectivity index (χ1) is 9.20. The van der Waals surface area contributed by atoms with Crippen molar-refractivity contribution in [1.29, 1.82) is 0 Å². The van der Waals surface area contributed by atoms with Crippen LogP contribution >= 0.6 is 0 Å². The van der Waals surface area contributed by atoms with Crippen LogP contribution in [0.25, 0.3) is 16.7 Å². The van der Waals surface area contributed by atoms with Crippen LogP contribution in [0.4, 0.5) is 5.69 Å². The fourth-order valence-electron chi connectivity index (χ4n) is 2.18. The summed E-state index contributed by atoms with van der Waals surface area (Å²) in [7, 11) is 1.58. The minimum atomic E-state index is -0.217. The SMILES string of the molecule is COc1ccccc1-n1c(=O)[nH]c2cc(N)ccc21. The Morgan fingerprint density at radius 2 is 2.00 bits per heavy atom. The lowest BCUT2D eigenvalue weighted by Crippen LogP contribution is -2.15. The molecule has 2 aromatic carbocycles. The number of rotatable bonds is 2. The lowest BCUT2D eigenvalue weighted by molar-refractivity contribution is 0.413. The van der Waals surface area contributed by atoms with Gasteiger partial charge in [0.2, 0.25) is 0 Å². The average molecular weight is 255 g/mol. The van der Waals surface area contributed by atoms with Gasteiger partial charge in [-0.1, -0.05) is 12.1 Å². The number of ether oxygens (including phenoxy) is 1. The second-order valence-electron chi connectivity index (χ2n) is 4.21. The average Bonchev–Trinajstić information content (AvgIpc) is 2.73. The molecule has 0 fully saturated rings. The van der Waals surface area contributed by atoms with E-state index in [0.717, 1.165) is 5.52 Å². The summed E-state index contributed by atoms with van der Waals surface area (Å²) >= 11 is 0. The van der Waals surface area contributed by atoms with Crippen molar-refractivity contribution in [2.24, 2.45) is 0 Å². The number of H-pyrrole nitrogens is 1. The van der Waals surface area contributed by atoms with Crippen molar-refractivity contribution in [3.8, 4) is 11.4 Å². The maximum absolute atomic E-state index is 12.1. The van der Waals surface area contributed by atoms with Crippen LogP contribution in [0.15, 0.2) is 47.3 Å². The maximum Gasteiger partial charge on any atom is 0.331 e. The molecule has 0 unspecified atom stereocenters. The van der Waals surface area contributed by atoms with E-state index in [1.807, 2.05) is 30.3 Å². The van der Waals surface area contributed by atoms with Crippen LogP contribution in [0, 0.1) is 0 Å². The van der Waals surface area contributed by atoms with Crippen molar-refractivity contribution in [2.75, 3.05) is 12.8 Å². The molecule has 0 spiro atoms. The molecule has 0 atom stereocenters. The zero-order valence-electron chi connectivity index (χ0n) is 10.4. The third kappa shape index (κ3) is 1.76. The molecule has 3 aromatic rings.